The van der Waals surface area contributed by atoms with Crippen molar-refractivity contribution in [1.29, 1.82) is 0 Å². The van der Waals surface area contributed by atoms with Gasteiger partial charge in [0.1, 0.15) is 5.03 Å². The van der Waals surface area contributed by atoms with E-state index in [-0.39, 0.29) is 6.04 Å². The summed E-state index contributed by atoms with van der Waals surface area (Å²) in [6.07, 6.45) is 4.41. The van der Waals surface area contributed by atoms with Crippen molar-refractivity contribution in [3.63, 3.8) is 0 Å². The van der Waals surface area contributed by atoms with Gasteiger partial charge in [-0.1, -0.05) is 30.3 Å². The molecule has 0 unspecified atom stereocenters. The van der Waals surface area contributed by atoms with Gasteiger partial charge in [0, 0.05) is 23.3 Å². The van der Waals surface area contributed by atoms with Crippen LogP contribution >= 0.6 is 23.4 Å². The monoisotopic (exact) mass is 279 g/mol. The van der Waals surface area contributed by atoms with Crippen LogP contribution in [0.2, 0.25) is 5.02 Å². The van der Waals surface area contributed by atoms with E-state index in [1.54, 1.807) is 12.4 Å². The van der Waals surface area contributed by atoms with E-state index in [0.29, 0.717) is 5.02 Å². The van der Waals surface area contributed by atoms with Gasteiger partial charge in [0.15, 0.2) is 0 Å². The third-order valence-corrected chi connectivity index (χ3v) is 3.93. The summed E-state index contributed by atoms with van der Waals surface area (Å²) in [5.74, 6) is 0. The number of hydrogen-bond donors (Lipinski definition) is 1. The Morgan fingerprint density at radius 1 is 1.33 bits per heavy atom. The molecule has 2 N–H and O–H groups in total. The molecule has 2 aromatic heterocycles. The van der Waals surface area contributed by atoms with Gasteiger partial charge in [-0.2, -0.15) is 0 Å². The number of aromatic nitrogens is 2. The molecule has 0 aliphatic heterocycles. The highest BCUT2D eigenvalue weighted by Crippen LogP contribution is 2.30. The maximum absolute atomic E-state index is 6.05. The summed E-state index contributed by atoms with van der Waals surface area (Å²) in [4.78, 5) is 9.59. The van der Waals surface area contributed by atoms with Crippen molar-refractivity contribution in [2.75, 3.05) is 0 Å². The minimum Gasteiger partial charge on any atom is -0.323 e. The van der Waals surface area contributed by atoms with E-state index in [1.165, 1.54) is 11.8 Å². The Morgan fingerprint density at radius 2 is 2.17 bits per heavy atom. The van der Waals surface area contributed by atoms with Crippen LogP contribution in [0.25, 0.3) is 0 Å². The molecule has 0 bridgehead atoms. The molecule has 0 saturated carbocycles. The minimum absolute atomic E-state index is 0.00230. The predicted molar refractivity (Wildman–Crippen MR) is 74.8 cm³/mol. The number of rotatable bonds is 4. The summed E-state index contributed by atoms with van der Waals surface area (Å²) in [7, 11) is 0. The molecule has 5 heteroatoms. The Morgan fingerprint density at radius 3 is 2.78 bits per heavy atom. The van der Waals surface area contributed by atoms with Crippen molar-refractivity contribution in [1.82, 2.24) is 9.97 Å². The van der Waals surface area contributed by atoms with E-state index in [9.17, 15) is 0 Å². The highest BCUT2D eigenvalue weighted by Gasteiger charge is 2.07. The molecule has 0 saturated heterocycles. The molecule has 0 aliphatic carbocycles. The average Bonchev–Trinajstić information content (AvgIpc) is 2.41. The molecule has 1 atom stereocenters. The quantitative estimate of drug-likeness (QED) is 0.927. The number of pyridine rings is 2. The van der Waals surface area contributed by atoms with Crippen molar-refractivity contribution in [3.8, 4) is 0 Å². The SMILES string of the molecule is CC[C@H](N)c1ccc(Sc2ncccc2Cl)cn1. The van der Waals surface area contributed by atoms with Crippen LogP contribution in [-0.2, 0) is 0 Å². The molecular weight excluding hydrogens is 266 g/mol. The topological polar surface area (TPSA) is 51.8 Å². The third-order valence-electron chi connectivity index (χ3n) is 2.52. The summed E-state index contributed by atoms with van der Waals surface area (Å²) in [5, 5.41) is 1.44. The molecule has 2 rings (SSSR count). The molecule has 0 amide bonds. The van der Waals surface area contributed by atoms with Crippen LogP contribution in [-0.4, -0.2) is 9.97 Å². The summed E-state index contributed by atoms with van der Waals surface area (Å²) in [5.41, 5.74) is 6.83. The van der Waals surface area contributed by atoms with Gasteiger partial charge in [-0.05, 0) is 30.7 Å². The lowest BCUT2D eigenvalue weighted by Crippen LogP contribution is -2.10. The molecular formula is C13H14ClN3S. The van der Waals surface area contributed by atoms with Crippen LogP contribution in [0.1, 0.15) is 25.1 Å². The average molecular weight is 280 g/mol. The number of nitrogens with two attached hydrogens (primary N) is 1. The maximum atomic E-state index is 6.05. The van der Waals surface area contributed by atoms with Gasteiger partial charge in [0.2, 0.25) is 0 Å². The first-order valence-corrected chi connectivity index (χ1v) is 6.90. The predicted octanol–water partition coefficient (Wildman–Crippen LogP) is 3.69. The Labute approximate surface area is 116 Å². The molecule has 0 fully saturated rings. The van der Waals surface area contributed by atoms with E-state index in [1.807, 2.05) is 31.2 Å². The van der Waals surface area contributed by atoms with Crippen molar-refractivity contribution < 1.29 is 0 Å². The van der Waals surface area contributed by atoms with Crippen LogP contribution in [0.5, 0.6) is 0 Å². The van der Waals surface area contributed by atoms with Gasteiger partial charge >= 0.3 is 0 Å². The molecule has 3 nitrogen and oxygen atoms in total. The fraction of sp³-hybridized carbons (Fsp3) is 0.231. The Kier molecular flexibility index (Phi) is 4.58. The zero-order valence-corrected chi connectivity index (χ0v) is 11.6. The summed E-state index contributed by atoms with van der Waals surface area (Å²) < 4.78 is 0. The smallest absolute Gasteiger partial charge is 0.119 e. The van der Waals surface area contributed by atoms with Gasteiger partial charge in [0.05, 0.1) is 10.7 Å². The second-order valence-corrected chi connectivity index (χ2v) is 5.30. The Bertz CT molecular complexity index is 516. The molecule has 0 spiro atoms. The largest absolute Gasteiger partial charge is 0.323 e. The van der Waals surface area contributed by atoms with Crippen LogP contribution in [0.15, 0.2) is 46.6 Å². The highest BCUT2D eigenvalue weighted by atomic mass is 35.5. The highest BCUT2D eigenvalue weighted by molar-refractivity contribution is 7.99. The molecule has 0 aliphatic rings. The number of nitrogens with zero attached hydrogens (tertiary/aromatic N) is 2. The first-order chi connectivity index (χ1) is 8.70. The number of halogens is 1. The van der Waals surface area contributed by atoms with Crippen LogP contribution < -0.4 is 5.73 Å². The van der Waals surface area contributed by atoms with Crippen molar-refractivity contribution in [2.24, 2.45) is 5.73 Å². The normalized spacial score (nSPS) is 12.4. The van der Waals surface area contributed by atoms with Crippen LogP contribution in [0.4, 0.5) is 0 Å². The summed E-state index contributed by atoms with van der Waals surface area (Å²) in [6.45, 7) is 2.04. The molecule has 0 aromatic carbocycles. The first-order valence-electron chi connectivity index (χ1n) is 5.70. The molecule has 0 radical (unpaired) electrons. The third kappa shape index (κ3) is 3.22. The summed E-state index contributed by atoms with van der Waals surface area (Å²) >= 11 is 7.55. The van der Waals surface area contributed by atoms with E-state index >= 15 is 0 Å². The second kappa shape index (κ2) is 6.18. The van der Waals surface area contributed by atoms with E-state index in [0.717, 1.165) is 22.0 Å². The summed E-state index contributed by atoms with van der Waals surface area (Å²) in [6, 6.07) is 7.59. The lowest BCUT2D eigenvalue weighted by molar-refractivity contribution is 0.674. The molecule has 18 heavy (non-hydrogen) atoms. The van der Waals surface area contributed by atoms with Gasteiger partial charge < -0.3 is 5.73 Å². The lowest BCUT2D eigenvalue weighted by atomic mass is 10.1. The van der Waals surface area contributed by atoms with E-state index in [2.05, 4.69) is 9.97 Å². The Balaban J connectivity index is 2.14. The Hall–Kier alpha value is -1.10. The van der Waals surface area contributed by atoms with E-state index in [4.69, 9.17) is 17.3 Å². The zero-order valence-electron chi connectivity index (χ0n) is 10.0. The van der Waals surface area contributed by atoms with Gasteiger partial charge in [-0.3, -0.25) is 4.98 Å². The maximum Gasteiger partial charge on any atom is 0.119 e. The fourth-order valence-corrected chi connectivity index (χ4v) is 2.42. The van der Waals surface area contributed by atoms with Gasteiger partial charge in [-0.25, -0.2) is 4.98 Å². The minimum atomic E-state index is 0.00230. The van der Waals surface area contributed by atoms with E-state index < -0.39 is 0 Å². The second-order valence-electron chi connectivity index (χ2n) is 3.83. The molecule has 94 valence electrons. The van der Waals surface area contributed by atoms with Gasteiger partial charge in [-0.15, -0.1) is 0 Å². The van der Waals surface area contributed by atoms with Gasteiger partial charge in [0.25, 0.3) is 0 Å². The number of hydrogen-bond acceptors (Lipinski definition) is 4. The van der Waals surface area contributed by atoms with Crippen LogP contribution in [0.3, 0.4) is 0 Å². The standard InChI is InChI=1S/C13H14ClN3S/c1-2-11(15)12-6-5-9(8-17-12)18-13-10(14)4-3-7-16-13/h3-8,11H,2,15H2,1H3/t11-/m0/s1. The molecule has 2 aromatic rings. The molecule has 2 heterocycles. The van der Waals surface area contributed by atoms with Crippen molar-refractivity contribution >= 4 is 23.4 Å². The first kappa shape index (κ1) is 13.3. The van der Waals surface area contributed by atoms with Crippen molar-refractivity contribution in [2.45, 2.75) is 29.3 Å². The lowest BCUT2D eigenvalue weighted by Gasteiger charge is -2.08. The van der Waals surface area contributed by atoms with Crippen molar-refractivity contribution in [3.05, 3.63) is 47.4 Å². The zero-order chi connectivity index (χ0) is 13.0. The fourth-order valence-electron chi connectivity index (χ4n) is 1.44. The van der Waals surface area contributed by atoms with Crippen LogP contribution in [0, 0.1) is 0 Å².